The Labute approximate surface area is 199 Å². The summed E-state index contributed by atoms with van der Waals surface area (Å²) in [6.07, 6.45) is 6.12. The SMILES string of the molecule is CCNC(=NCC1CCCOC1c1ccc(C)cc1)N1CCC2(CCOCC2)C1.I. The highest BCUT2D eigenvalue weighted by molar-refractivity contribution is 14.0. The van der Waals surface area contributed by atoms with Gasteiger partial charge >= 0.3 is 0 Å². The minimum Gasteiger partial charge on any atom is -0.381 e. The molecule has 3 aliphatic heterocycles. The van der Waals surface area contributed by atoms with Crippen LogP contribution in [0.4, 0.5) is 0 Å². The Morgan fingerprint density at radius 3 is 2.67 bits per heavy atom. The van der Waals surface area contributed by atoms with Crippen LogP contribution in [-0.4, -0.2) is 56.9 Å². The van der Waals surface area contributed by atoms with Crippen LogP contribution in [0.15, 0.2) is 29.3 Å². The summed E-state index contributed by atoms with van der Waals surface area (Å²) in [4.78, 5) is 7.60. The molecule has 3 saturated heterocycles. The highest BCUT2D eigenvalue weighted by atomic mass is 127. The lowest BCUT2D eigenvalue weighted by molar-refractivity contribution is -0.0250. The van der Waals surface area contributed by atoms with Crippen LogP contribution in [-0.2, 0) is 9.47 Å². The van der Waals surface area contributed by atoms with Gasteiger partial charge in [-0.3, -0.25) is 4.99 Å². The van der Waals surface area contributed by atoms with E-state index in [2.05, 4.69) is 48.3 Å². The average Bonchev–Trinajstić information content (AvgIpc) is 3.15. The van der Waals surface area contributed by atoms with Crippen molar-refractivity contribution in [2.75, 3.05) is 46.0 Å². The van der Waals surface area contributed by atoms with Gasteiger partial charge in [-0.15, -0.1) is 24.0 Å². The molecule has 3 aliphatic rings. The van der Waals surface area contributed by atoms with Crippen molar-refractivity contribution in [3.8, 4) is 0 Å². The van der Waals surface area contributed by atoms with Gasteiger partial charge in [0, 0.05) is 51.9 Å². The second-order valence-electron chi connectivity index (χ2n) is 9.08. The molecule has 0 saturated carbocycles. The van der Waals surface area contributed by atoms with E-state index in [1.807, 2.05) is 0 Å². The molecule has 2 unspecified atom stereocenters. The van der Waals surface area contributed by atoms with Gasteiger partial charge in [0.05, 0.1) is 6.10 Å². The number of guanidine groups is 1. The standard InChI is InChI=1S/C24H37N3O2.HI/c1-3-25-23(27-13-10-24(18-27)11-15-28-16-12-24)26-17-21-5-4-14-29-22(21)20-8-6-19(2)7-9-20;/h6-9,21-22H,3-5,10-18H2,1-2H3,(H,25,26);1H. The van der Waals surface area contributed by atoms with E-state index >= 15 is 0 Å². The van der Waals surface area contributed by atoms with Crippen LogP contribution in [0.25, 0.3) is 0 Å². The minimum absolute atomic E-state index is 0. The van der Waals surface area contributed by atoms with E-state index < -0.39 is 0 Å². The number of aliphatic imine (C=N–C) groups is 1. The average molecular weight is 527 g/mol. The van der Waals surface area contributed by atoms with Crippen molar-refractivity contribution in [3.05, 3.63) is 35.4 Å². The molecule has 0 bridgehead atoms. The maximum Gasteiger partial charge on any atom is 0.193 e. The molecule has 0 radical (unpaired) electrons. The van der Waals surface area contributed by atoms with Gasteiger partial charge in [0.1, 0.15) is 0 Å². The number of rotatable bonds is 4. The summed E-state index contributed by atoms with van der Waals surface area (Å²) in [6.45, 7) is 10.9. The highest BCUT2D eigenvalue weighted by Gasteiger charge is 2.40. The minimum atomic E-state index is 0. The molecule has 1 spiro atoms. The molecule has 5 nitrogen and oxygen atoms in total. The number of nitrogens with one attached hydrogen (secondary N) is 1. The van der Waals surface area contributed by atoms with Crippen LogP contribution in [0, 0.1) is 18.3 Å². The summed E-state index contributed by atoms with van der Waals surface area (Å²) in [5.41, 5.74) is 3.03. The molecule has 168 valence electrons. The van der Waals surface area contributed by atoms with E-state index in [1.54, 1.807) is 0 Å². The van der Waals surface area contributed by atoms with E-state index in [-0.39, 0.29) is 30.1 Å². The van der Waals surface area contributed by atoms with E-state index in [0.29, 0.717) is 11.3 Å². The third-order valence-corrected chi connectivity index (χ3v) is 6.95. The van der Waals surface area contributed by atoms with Crippen LogP contribution >= 0.6 is 24.0 Å². The summed E-state index contributed by atoms with van der Waals surface area (Å²) in [5.74, 6) is 1.53. The predicted molar refractivity (Wildman–Crippen MR) is 133 cm³/mol. The molecule has 0 aliphatic carbocycles. The van der Waals surface area contributed by atoms with Crippen molar-refractivity contribution in [1.82, 2.24) is 10.2 Å². The molecule has 2 atom stereocenters. The molecule has 1 aromatic carbocycles. The topological polar surface area (TPSA) is 46.1 Å². The second kappa shape index (κ2) is 11.1. The molecule has 3 fully saturated rings. The number of hydrogen-bond donors (Lipinski definition) is 1. The van der Waals surface area contributed by atoms with Crippen molar-refractivity contribution in [2.24, 2.45) is 16.3 Å². The summed E-state index contributed by atoms with van der Waals surface area (Å²) >= 11 is 0. The van der Waals surface area contributed by atoms with Gasteiger partial charge in [0.2, 0.25) is 0 Å². The molecule has 6 heteroatoms. The second-order valence-corrected chi connectivity index (χ2v) is 9.08. The fourth-order valence-electron chi connectivity index (χ4n) is 5.11. The maximum absolute atomic E-state index is 6.21. The number of likely N-dealkylation sites (tertiary alicyclic amines) is 1. The van der Waals surface area contributed by atoms with Crippen LogP contribution in [0.3, 0.4) is 0 Å². The third-order valence-electron chi connectivity index (χ3n) is 6.95. The van der Waals surface area contributed by atoms with Crippen molar-refractivity contribution in [3.63, 3.8) is 0 Å². The largest absolute Gasteiger partial charge is 0.381 e. The molecule has 30 heavy (non-hydrogen) atoms. The molecular weight excluding hydrogens is 489 g/mol. The third kappa shape index (κ3) is 5.68. The first-order valence-electron chi connectivity index (χ1n) is 11.5. The molecule has 1 aromatic rings. The van der Waals surface area contributed by atoms with Gasteiger partial charge < -0.3 is 19.7 Å². The zero-order valence-electron chi connectivity index (χ0n) is 18.6. The van der Waals surface area contributed by atoms with Gasteiger partial charge in [0.15, 0.2) is 5.96 Å². The number of aryl methyl sites for hydroxylation is 1. The lowest BCUT2D eigenvalue weighted by Crippen LogP contribution is -2.42. The van der Waals surface area contributed by atoms with Crippen LogP contribution in [0.2, 0.25) is 0 Å². The van der Waals surface area contributed by atoms with Crippen molar-refractivity contribution < 1.29 is 9.47 Å². The van der Waals surface area contributed by atoms with E-state index in [9.17, 15) is 0 Å². The molecule has 0 amide bonds. The Morgan fingerprint density at radius 1 is 1.17 bits per heavy atom. The monoisotopic (exact) mass is 527 g/mol. The fraction of sp³-hybridized carbons (Fsp3) is 0.708. The number of benzene rings is 1. The number of nitrogens with zero attached hydrogens (tertiary/aromatic N) is 2. The molecule has 1 N–H and O–H groups in total. The van der Waals surface area contributed by atoms with Gasteiger partial charge in [0.25, 0.3) is 0 Å². The normalized spacial score (nSPS) is 26.5. The lowest BCUT2D eigenvalue weighted by atomic mass is 9.80. The van der Waals surface area contributed by atoms with Crippen LogP contribution in [0.5, 0.6) is 0 Å². The van der Waals surface area contributed by atoms with E-state index in [0.717, 1.165) is 58.4 Å². The summed E-state index contributed by atoms with van der Waals surface area (Å²) < 4.78 is 11.8. The smallest absolute Gasteiger partial charge is 0.193 e. The first-order chi connectivity index (χ1) is 14.2. The quantitative estimate of drug-likeness (QED) is 0.355. The highest BCUT2D eigenvalue weighted by Crippen LogP contribution is 2.40. The first kappa shape index (κ1) is 23.8. The summed E-state index contributed by atoms with van der Waals surface area (Å²) in [7, 11) is 0. The molecule has 4 rings (SSSR count). The van der Waals surface area contributed by atoms with Crippen LogP contribution in [0.1, 0.15) is 56.3 Å². The Bertz CT molecular complexity index is 688. The summed E-state index contributed by atoms with van der Waals surface area (Å²) in [6, 6.07) is 8.83. The first-order valence-corrected chi connectivity index (χ1v) is 11.5. The van der Waals surface area contributed by atoms with Gasteiger partial charge in [-0.05, 0) is 56.9 Å². The maximum atomic E-state index is 6.21. The van der Waals surface area contributed by atoms with E-state index in [4.69, 9.17) is 14.5 Å². The number of halogens is 1. The van der Waals surface area contributed by atoms with Gasteiger partial charge in [-0.2, -0.15) is 0 Å². The van der Waals surface area contributed by atoms with Gasteiger partial charge in [-0.1, -0.05) is 29.8 Å². The van der Waals surface area contributed by atoms with Crippen molar-refractivity contribution in [1.29, 1.82) is 0 Å². The van der Waals surface area contributed by atoms with Crippen molar-refractivity contribution in [2.45, 2.75) is 52.1 Å². The zero-order chi connectivity index (χ0) is 20.1. The van der Waals surface area contributed by atoms with Gasteiger partial charge in [-0.25, -0.2) is 0 Å². The van der Waals surface area contributed by atoms with Crippen molar-refractivity contribution >= 4 is 29.9 Å². The Hall–Kier alpha value is -0.860. The fourth-order valence-corrected chi connectivity index (χ4v) is 5.11. The zero-order valence-corrected chi connectivity index (χ0v) is 20.9. The Morgan fingerprint density at radius 2 is 1.93 bits per heavy atom. The number of ether oxygens (including phenoxy) is 2. The molecular formula is C24H38IN3O2. The predicted octanol–water partition coefficient (Wildman–Crippen LogP) is 4.55. The van der Waals surface area contributed by atoms with Crippen LogP contribution < -0.4 is 5.32 Å². The lowest BCUT2D eigenvalue weighted by Gasteiger charge is -2.34. The summed E-state index contributed by atoms with van der Waals surface area (Å²) in [5, 5.41) is 3.55. The Balaban J connectivity index is 0.00000256. The molecule has 3 heterocycles. The number of hydrogen-bond acceptors (Lipinski definition) is 3. The molecule has 0 aromatic heterocycles. The van der Waals surface area contributed by atoms with E-state index in [1.165, 1.54) is 36.8 Å². The Kier molecular flexibility index (Phi) is 8.83.